The van der Waals surface area contributed by atoms with Gasteiger partial charge in [-0.05, 0) is 6.92 Å². The molecule has 0 saturated heterocycles. The van der Waals surface area contributed by atoms with Gasteiger partial charge in [0.15, 0.2) is 6.29 Å². The molecule has 1 atom stereocenters. The van der Waals surface area contributed by atoms with Gasteiger partial charge in [0.25, 0.3) is 0 Å². The monoisotopic (exact) mass is 238 g/mol. The SMILES string of the molecule is CC(O)OP(=O)(O)O.[H-].[H-].[H-].[H-].[Na+].[Na+].[Na+].[Na+]. The van der Waals surface area contributed by atoms with Gasteiger partial charge >= 0.3 is 126 Å². The van der Waals surface area contributed by atoms with Gasteiger partial charge in [0, 0.05) is 0 Å². The van der Waals surface area contributed by atoms with Crippen LogP contribution >= 0.6 is 7.82 Å². The van der Waals surface area contributed by atoms with Crippen LogP contribution in [0.2, 0.25) is 0 Å². The fourth-order valence-electron chi connectivity index (χ4n) is 0.199. The third kappa shape index (κ3) is 29.2. The Bertz CT molecular complexity index is 127. The number of aliphatic hydroxyl groups is 1. The van der Waals surface area contributed by atoms with Crippen LogP contribution in [0.5, 0.6) is 0 Å². The predicted octanol–water partition coefficient (Wildman–Crippen LogP) is -12.1. The molecule has 12 heavy (non-hydrogen) atoms. The van der Waals surface area contributed by atoms with Gasteiger partial charge in [-0.2, -0.15) is 0 Å². The van der Waals surface area contributed by atoms with Crippen LogP contribution in [0, 0.1) is 0 Å². The van der Waals surface area contributed by atoms with Crippen LogP contribution in [0.25, 0.3) is 0 Å². The van der Waals surface area contributed by atoms with Gasteiger partial charge in [0.2, 0.25) is 0 Å². The van der Waals surface area contributed by atoms with E-state index in [4.69, 9.17) is 14.9 Å². The molecule has 0 aromatic carbocycles. The van der Waals surface area contributed by atoms with Crippen molar-refractivity contribution in [1.82, 2.24) is 0 Å². The van der Waals surface area contributed by atoms with E-state index in [0.29, 0.717) is 0 Å². The first-order valence-electron chi connectivity index (χ1n) is 1.84. The number of hydrogen-bond acceptors (Lipinski definition) is 3. The third-order valence-corrected chi connectivity index (χ3v) is 0.870. The van der Waals surface area contributed by atoms with Crippen molar-refractivity contribution >= 4 is 7.82 Å². The number of aliphatic hydroxyl groups excluding tert-OH is 1. The molecule has 0 bridgehead atoms. The van der Waals surface area contributed by atoms with Gasteiger partial charge in [-0.1, -0.05) is 0 Å². The Morgan fingerprint density at radius 1 is 1.25 bits per heavy atom. The normalized spacial score (nSPS) is 10.7. The largest absolute Gasteiger partial charge is 1.00 e. The minimum absolute atomic E-state index is 0. The molecule has 0 heterocycles. The summed E-state index contributed by atoms with van der Waals surface area (Å²) in [6.07, 6.45) is -1.42. The van der Waals surface area contributed by atoms with Gasteiger partial charge in [-0.25, -0.2) is 4.57 Å². The molecule has 10 heteroatoms. The van der Waals surface area contributed by atoms with E-state index in [1.54, 1.807) is 0 Å². The van der Waals surface area contributed by atoms with Crippen LogP contribution < -0.4 is 118 Å². The Morgan fingerprint density at radius 3 is 1.50 bits per heavy atom. The molecule has 0 spiro atoms. The van der Waals surface area contributed by atoms with Crippen molar-refractivity contribution in [3.8, 4) is 0 Å². The van der Waals surface area contributed by atoms with Crippen molar-refractivity contribution < 1.29 is 148 Å². The van der Waals surface area contributed by atoms with Crippen molar-refractivity contribution in [2.75, 3.05) is 0 Å². The number of phosphoric ester groups is 1. The summed E-state index contributed by atoms with van der Waals surface area (Å²) in [7, 11) is -4.47. The molecular formula is C2H11Na4O5P. The predicted molar refractivity (Wildman–Crippen MR) is 29.3 cm³/mol. The van der Waals surface area contributed by atoms with Gasteiger partial charge < -0.3 is 20.6 Å². The molecule has 58 valence electrons. The number of rotatable bonds is 2. The fourth-order valence-corrected chi connectivity index (χ4v) is 0.596. The zero-order valence-corrected chi connectivity index (χ0v) is 17.1. The number of phosphoric acid groups is 1. The topological polar surface area (TPSA) is 87.0 Å². The van der Waals surface area contributed by atoms with E-state index < -0.39 is 14.1 Å². The first kappa shape index (κ1) is 29.8. The Kier molecular flexibility index (Phi) is 37.4. The van der Waals surface area contributed by atoms with Crippen molar-refractivity contribution in [1.29, 1.82) is 0 Å². The molecule has 0 aliphatic rings. The summed E-state index contributed by atoms with van der Waals surface area (Å²) in [5.41, 5.74) is 0. The molecule has 0 aromatic rings. The van der Waals surface area contributed by atoms with Crippen LogP contribution in [0.4, 0.5) is 0 Å². The molecule has 0 aliphatic carbocycles. The van der Waals surface area contributed by atoms with Gasteiger partial charge in [0.05, 0.1) is 0 Å². The van der Waals surface area contributed by atoms with E-state index >= 15 is 0 Å². The van der Waals surface area contributed by atoms with Crippen LogP contribution in [0.1, 0.15) is 12.6 Å². The van der Waals surface area contributed by atoms with Crippen LogP contribution in [0.15, 0.2) is 0 Å². The molecule has 0 fully saturated rings. The van der Waals surface area contributed by atoms with Crippen LogP contribution in [0.3, 0.4) is 0 Å². The van der Waals surface area contributed by atoms with Crippen LogP contribution in [-0.2, 0) is 9.09 Å². The van der Waals surface area contributed by atoms with E-state index in [1.165, 1.54) is 0 Å². The van der Waals surface area contributed by atoms with E-state index in [0.717, 1.165) is 6.92 Å². The maximum absolute atomic E-state index is 9.75. The molecule has 0 saturated carbocycles. The summed E-state index contributed by atoms with van der Waals surface area (Å²) in [5, 5.41) is 8.17. The molecular weight excluding hydrogens is 227 g/mol. The van der Waals surface area contributed by atoms with Crippen molar-refractivity contribution in [3.63, 3.8) is 0 Å². The second-order valence-electron chi connectivity index (χ2n) is 1.20. The standard InChI is InChI=1S/C2H7O5P.4Na.4H/c1-2(3)7-8(4,5)6;;;;;;;;/h2-3H,1H3,(H2,4,5,6);;;;;;;;/q;4*+1;4*-1. The second-order valence-corrected chi connectivity index (χ2v) is 2.39. The minimum Gasteiger partial charge on any atom is -1.00 e. The van der Waals surface area contributed by atoms with Crippen molar-refractivity contribution in [2.24, 2.45) is 0 Å². The third-order valence-electron chi connectivity index (χ3n) is 0.290. The Labute approximate surface area is 166 Å². The first-order chi connectivity index (χ1) is 3.42. The maximum atomic E-state index is 9.75. The maximum Gasteiger partial charge on any atom is 1.00 e. The molecule has 0 aliphatic heterocycles. The van der Waals surface area contributed by atoms with Gasteiger partial charge in [-0.15, -0.1) is 0 Å². The Balaban J connectivity index is -0.00000000875. The molecule has 0 radical (unpaired) electrons. The van der Waals surface area contributed by atoms with E-state index in [-0.39, 0.29) is 124 Å². The quantitative estimate of drug-likeness (QED) is 0.252. The summed E-state index contributed by atoms with van der Waals surface area (Å²) in [6.45, 7) is 1.11. The average Bonchev–Trinajstić information content (AvgIpc) is 1.21. The van der Waals surface area contributed by atoms with Gasteiger partial charge in [0.1, 0.15) is 0 Å². The molecule has 5 nitrogen and oxygen atoms in total. The number of hydrogen-bond donors (Lipinski definition) is 3. The summed E-state index contributed by atoms with van der Waals surface area (Å²) in [5.74, 6) is 0. The zero-order valence-electron chi connectivity index (χ0n) is 12.2. The average molecular weight is 238 g/mol. The summed E-state index contributed by atoms with van der Waals surface area (Å²) in [6, 6.07) is 0. The van der Waals surface area contributed by atoms with Crippen LogP contribution in [-0.4, -0.2) is 21.2 Å². The molecule has 0 rings (SSSR count). The first-order valence-corrected chi connectivity index (χ1v) is 3.37. The summed E-state index contributed by atoms with van der Waals surface area (Å²) >= 11 is 0. The molecule has 1 unspecified atom stereocenters. The van der Waals surface area contributed by atoms with E-state index in [9.17, 15) is 4.57 Å². The van der Waals surface area contributed by atoms with E-state index in [2.05, 4.69) is 4.52 Å². The fraction of sp³-hybridized carbons (Fsp3) is 1.00. The minimum atomic E-state index is -4.47. The summed E-state index contributed by atoms with van der Waals surface area (Å²) < 4.78 is 13.4. The second kappa shape index (κ2) is 15.1. The van der Waals surface area contributed by atoms with Crippen molar-refractivity contribution in [3.05, 3.63) is 0 Å². The Morgan fingerprint density at radius 2 is 1.50 bits per heavy atom. The molecule has 3 N–H and O–H groups in total. The van der Waals surface area contributed by atoms with Gasteiger partial charge in [-0.3, -0.25) is 4.52 Å². The summed E-state index contributed by atoms with van der Waals surface area (Å²) in [4.78, 5) is 15.8. The molecule has 0 aromatic heterocycles. The van der Waals surface area contributed by atoms with E-state index in [1.807, 2.05) is 0 Å². The smallest absolute Gasteiger partial charge is 1.00 e. The molecule has 0 amide bonds. The Hall–Kier alpha value is 4.07. The zero-order chi connectivity index (χ0) is 6.78. The van der Waals surface area contributed by atoms with Crippen molar-refractivity contribution in [2.45, 2.75) is 13.2 Å².